The van der Waals surface area contributed by atoms with Crippen molar-refractivity contribution in [2.24, 2.45) is 0 Å². The topological polar surface area (TPSA) is 43.1 Å². The van der Waals surface area contributed by atoms with Gasteiger partial charge in [-0.1, -0.05) is 0 Å². The van der Waals surface area contributed by atoms with Crippen molar-refractivity contribution >= 4 is 103 Å². The Morgan fingerprint density at radius 2 is 1.71 bits per heavy atom. The van der Waals surface area contributed by atoms with Crippen LogP contribution in [0.1, 0.15) is 0 Å². The van der Waals surface area contributed by atoms with Gasteiger partial charge in [-0.05, 0) is 6.58 Å². The molecule has 2 radical (unpaired) electrons. The van der Waals surface area contributed by atoms with Crippen molar-refractivity contribution in [1.29, 1.82) is 0 Å². The summed E-state index contributed by atoms with van der Waals surface area (Å²) in [7, 11) is 0. The van der Waals surface area contributed by atoms with E-state index in [0.717, 1.165) is 0 Å². The van der Waals surface area contributed by atoms with Crippen LogP contribution in [-0.4, -0.2) is 108 Å². The Kier molecular flexibility index (Phi) is 26.0. The van der Waals surface area contributed by atoms with Gasteiger partial charge in [0.25, 0.3) is 0 Å². The zero-order valence-corrected chi connectivity index (χ0v) is 10.8. The van der Waals surface area contributed by atoms with E-state index in [1.165, 1.54) is 0 Å². The van der Waals surface area contributed by atoms with Gasteiger partial charge in [0.1, 0.15) is 0 Å². The summed E-state index contributed by atoms with van der Waals surface area (Å²) in [6.07, 6.45) is 0.639. The Bertz CT molecular complexity index is 64.7. The second kappa shape index (κ2) is 11.2. The fraction of sp³-hybridized carbons (Fsp3) is 0. The molecule has 0 aromatic rings. The predicted octanol–water partition coefficient (Wildman–Crippen LogP) is -0.355. The van der Waals surface area contributed by atoms with Crippen LogP contribution in [0.2, 0.25) is 0 Å². The molecule has 0 fully saturated rings. The summed E-state index contributed by atoms with van der Waals surface area (Å²) in [5.41, 5.74) is 0. The molecule has 0 rings (SSSR count). The summed E-state index contributed by atoms with van der Waals surface area (Å²) >= 11 is 0. The van der Waals surface area contributed by atoms with E-state index in [-0.39, 0.29) is 103 Å². The van der Waals surface area contributed by atoms with Gasteiger partial charge < -0.3 is 0 Å². The molecule has 0 unspecified atom stereocenters. The van der Waals surface area contributed by atoms with Gasteiger partial charge in [-0.3, -0.25) is 10.1 Å². The van der Waals surface area contributed by atoms with Crippen LogP contribution in [0.3, 0.4) is 0 Å². The van der Waals surface area contributed by atoms with Crippen molar-refractivity contribution < 1.29 is 4.92 Å². The van der Waals surface area contributed by atoms with Crippen molar-refractivity contribution in [3.05, 3.63) is 22.9 Å². The molecule has 0 saturated carbocycles. The van der Waals surface area contributed by atoms with Crippen molar-refractivity contribution in [2.75, 3.05) is 0 Å². The minimum absolute atomic E-state index is 0. The third-order valence-electron chi connectivity index (χ3n) is 0.149. The zero-order valence-electron chi connectivity index (χ0n) is 4.55. The average molecular weight is 151 g/mol. The van der Waals surface area contributed by atoms with E-state index in [1.807, 2.05) is 0 Å². The van der Waals surface area contributed by atoms with Gasteiger partial charge in [-0.15, -0.1) is 0 Å². The first-order valence-corrected chi connectivity index (χ1v) is 1.03. The van der Waals surface area contributed by atoms with E-state index in [0.29, 0.717) is 6.20 Å². The smallest absolute Gasteiger partial charge is 0.227 e. The number of nitrogens with zero attached hydrogens (tertiary/aromatic N) is 1. The third-order valence-corrected chi connectivity index (χ3v) is 0.149. The summed E-state index contributed by atoms with van der Waals surface area (Å²) in [5.74, 6) is 0. The van der Waals surface area contributed by atoms with E-state index in [4.69, 9.17) is 10.1 Å². The minimum atomic E-state index is -0.611. The molecular weight excluding hydrogens is 148 g/mol. The molecule has 5 heteroatoms. The summed E-state index contributed by atoms with van der Waals surface area (Å²) in [6, 6.07) is 0. The molecule has 30 valence electrons. The first-order valence-electron chi connectivity index (χ1n) is 1.03. The molecule has 0 aliphatic heterocycles. The van der Waals surface area contributed by atoms with Crippen molar-refractivity contribution in [3.8, 4) is 0 Å². The number of hydrogen-bond acceptors (Lipinski definition) is 2. The molecule has 7 heavy (non-hydrogen) atoms. The van der Waals surface area contributed by atoms with E-state index in [1.54, 1.807) is 0 Å². The summed E-state index contributed by atoms with van der Waals surface area (Å²) < 4.78 is 0. The number of rotatable bonds is 1. The molecule has 0 aromatic heterocycles. The first-order chi connectivity index (χ1) is 2.27. The zero-order chi connectivity index (χ0) is 4.28. The fourth-order valence-electron chi connectivity index (χ4n) is 0. The summed E-state index contributed by atoms with van der Waals surface area (Å²) in [5, 5.41) is 9.06. The van der Waals surface area contributed by atoms with Gasteiger partial charge >= 0.3 is 0 Å². The van der Waals surface area contributed by atoms with Crippen LogP contribution in [0.25, 0.3) is 0 Å². The predicted molar refractivity (Wildman–Crippen MR) is 28.7 cm³/mol. The Balaban J connectivity index is -0.0000000800. The van der Waals surface area contributed by atoms with Crippen LogP contribution < -0.4 is 0 Å². The normalized spacial score (nSPS) is 4.57. The van der Waals surface area contributed by atoms with Gasteiger partial charge in [0.05, 0.1) is 4.92 Å². The maximum Gasteiger partial charge on any atom is 0.227 e. The largest absolute Gasteiger partial charge is 0.259 e. The SMILES string of the molecule is C=C[N+](=O)[O-].[K].[K]. The van der Waals surface area contributed by atoms with Crippen LogP contribution in [0, 0.1) is 10.1 Å². The molecule has 0 bridgehead atoms. The second-order valence-electron chi connectivity index (χ2n) is 0.468. The molecule has 0 aliphatic carbocycles. The van der Waals surface area contributed by atoms with Crippen LogP contribution in [-0.2, 0) is 0 Å². The molecule has 0 amide bonds. The van der Waals surface area contributed by atoms with Gasteiger partial charge in [0.15, 0.2) is 0 Å². The van der Waals surface area contributed by atoms with Crippen molar-refractivity contribution in [2.45, 2.75) is 0 Å². The van der Waals surface area contributed by atoms with Crippen LogP contribution in [0.4, 0.5) is 0 Å². The Hall–Kier alpha value is 2.41. The van der Waals surface area contributed by atoms with Gasteiger partial charge in [0, 0.05) is 103 Å². The molecule has 0 aromatic carbocycles. The maximum absolute atomic E-state index is 9.06. The molecule has 3 nitrogen and oxygen atoms in total. The maximum atomic E-state index is 9.06. The van der Waals surface area contributed by atoms with E-state index < -0.39 is 4.92 Å². The minimum Gasteiger partial charge on any atom is -0.259 e. The van der Waals surface area contributed by atoms with Crippen molar-refractivity contribution in [1.82, 2.24) is 0 Å². The molecular formula is C2H3K2NO2. The first kappa shape index (κ1) is 16.2. The number of hydrogen-bond donors (Lipinski definition) is 0. The Labute approximate surface area is 127 Å². The van der Waals surface area contributed by atoms with Crippen LogP contribution in [0.15, 0.2) is 12.8 Å². The molecule has 0 N–H and O–H groups in total. The number of nitro groups is 1. The summed E-state index contributed by atoms with van der Waals surface area (Å²) in [6.45, 7) is 2.86. The Morgan fingerprint density at radius 3 is 1.71 bits per heavy atom. The van der Waals surface area contributed by atoms with E-state index in [2.05, 4.69) is 6.58 Å². The average Bonchev–Trinajstić information content (AvgIpc) is 1.38. The fourth-order valence-corrected chi connectivity index (χ4v) is 0. The standard InChI is InChI=1S/C2H3NO2.2K/c1-2-3(4)5;;/h2H,1H2;;. The molecule has 0 aliphatic rings. The monoisotopic (exact) mass is 151 g/mol. The van der Waals surface area contributed by atoms with Gasteiger partial charge in [-0.25, -0.2) is 0 Å². The molecule has 0 atom stereocenters. The Morgan fingerprint density at radius 1 is 1.57 bits per heavy atom. The quantitative estimate of drug-likeness (QED) is 0.292. The van der Waals surface area contributed by atoms with Crippen molar-refractivity contribution in [3.63, 3.8) is 0 Å². The molecule has 0 saturated heterocycles. The van der Waals surface area contributed by atoms with E-state index >= 15 is 0 Å². The van der Waals surface area contributed by atoms with Gasteiger partial charge in [-0.2, -0.15) is 0 Å². The second-order valence-corrected chi connectivity index (χ2v) is 0.468. The summed E-state index contributed by atoms with van der Waals surface area (Å²) in [4.78, 5) is 8.44. The van der Waals surface area contributed by atoms with E-state index in [9.17, 15) is 0 Å². The van der Waals surface area contributed by atoms with Gasteiger partial charge in [0.2, 0.25) is 6.20 Å². The van der Waals surface area contributed by atoms with Crippen LogP contribution >= 0.6 is 0 Å². The molecule has 0 spiro atoms. The van der Waals surface area contributed by atoms with Crippen LogP contribution in [0.5, 0.6) is 0 Å². The third kappa shape index (κ3) is 17.8. The molecule has 0 heterocycles.